The van der Waals surface area contributed by atoms with Crippen LogP contribution in [0.1, 0.15) is 24.2 Å². The maximum atomic E-state index is 11.9. The molecular weight excluding hydrogens is 522 g/mol. The molecular formula is C24H37N3O12. The number of methoxy groups -OCH3 is 1. The summed E-state index contributed by atoms with van der Waals surface area (Å²) in [6, 6.07) is 3.45. The second-order valence-corrected chi connectivity index (χ2v) is 9.02. The van der Waals surface area contributed by atoms with Gasteiger partial charge in [-0.25, -0.2) is 4.79 Å². The Balaban J connectivity index is 2.35. The van der Waals surface area contributed by atoms with E-state index in [-0.39, 0.29) is 17.8 Å². The molecule has 1 saturated heterocycles. The third kappa shape index (κ3) is 8.55. The van der Waals surface area contributed by atoms with E-state index in [2.05, 4.69) is 16.0 Å². The predicted octanol–water partition coefficient (Wildman–Crippen LogP) is -3.00. The summed E-state index contributed by atoms with van der Waals surface area (Å²) >= 11 is 0. The second kappa shape index (κ2) is 15.0. The minimum absolute atomic E-state index is 0.0674. The van der Waals surface area contributed by atoms with Gasteiger partial charge in [0, 0.05) is 33.2 Å². The van der Waals surface area contributed by atoms with Crippen LogP contribution in [0.15, 0.2) is 24.3 Å². The van der Waals surface area contributed by atoms with E-state index >= 15 is 0 Å². The van der Waals surface area contributed by atoms with Gasteiger partial charge in [-0.1, -0.05) is 12.1 Å². The topological polar surface area (TPSA) is 236 Å². The lowest BCUT2D eigenvalue weighted by molar-refractivity contribution is -0.302. The number of carbonyl (C=O) groups excluding carboxylic acids is 2. The van der Waals surface area contributed by atoms with E-state index in [1.54, 1.807) is 6.07 Å². The summed E-state index contributed by atoms with van der Waals surface area (Å²) < 4.78 is 16.7. The van der Waals surface area contributed by atoms with Crippen LogP contribution >= 0.6 is 0 Å². The number of carboxylic acids is 1. The Labute approximate surface area is 224 Å². The van der Waals surface area contributed by atoms with Crippen molar-refractivity contribution in [2.75, 3.05) is 32.2 Å². The van der Waals surface area contributed by atoms with Gasteiger partial charge in [-0.3, -0.25) is 9.59 Å². The molecule has 0 aromatic heterocycles. The highest BCUT2D eigenvalue weighted by molar-refractivity contribution is 5.94. The molecule has 1 aromatic carbocycles. The van der Waals surface area contributed by atoms with Crippen molar-refractivity contribution in [3.05, 3.63) is 29.8 Å². The molecule has 0 bridgehead atoms. The molecule has 0 radical (unpaired) electrons. The van der Waals surface area contributed by atoms with E-state index in [9.17, 15) is 45.0 Å². The third-order valence-corrected chi connectivity index (χ3v) is 6.16. The Kier molecular flexibility index (Phi) is 12.5. The van der Waals surface area contributed by atoms with Crippen LogP contribution in [-0.2, 0) is 23.8 Å². The summed E-state index contributed by atoms with van der Waals surface area (Å²) in [6.07, 6.45) is -10.3. The normalized spacial score (nSPS) is 26.1. The molecule has 1 fully saturated rings. The number of benzene rings is 1. The standard InChI is InChI=1S/C24H37N3O12/c1-11(30)26-15(8-25-14-7-5-4-6-13(14)23(35)36)19(33)21(16(32)9-28)39-24-18(27-12(2)31)20(34)22(37-3)17(10-29)38-24/h4-7,15-22,24-25,28-29,32-34H,8-10H2,1-3H3,(H,26,30)(H,27,31)(H,35,36)/t15?,16?,17?,18?,19?,20?,21-,22-,24+/m1/s1. The quantitative estimate of drug-likeness (QED) is 0.111. The Morgan fingerprint density at radius 3 is 2.31 bits per heavy atom. The molecule has 2 amide bonds. The van der Waals surface area contributed by atoms with Gasteiger partial charge in [0.1, 0.15) is 42.7 Å². The Morgan fingerprint density at radius 1 is 1.10 bits per heavy atom. The van der Waals surface area contributed by atoms with Gasteiger partial charge in [0.25, 0.3) is 0 Å². The number of nitrogens with one attached hydrogen (secondary N) is 3. The first-order valence-corrected chi connectivity index (χ1v) is 12.1. The molecule has 1 aliphatic heterocycles. The van der Waals surface area contributed by atoms with Crippen molar-refractivity contribution in [1.82, 2.24) is 10.6 Å². The van der Waals surface area contributed by atoms with Crippen molar-refractivity contribution in [3.8, 4) is 0 Å². The number of aliphatic hydroxyl groups excluding tert-OH is 5. The van der Waals surface area contributed by atoms with E-state index in [0.717, 1.165) is 0 Å². The molecule has 2 rings (SSSR count). The smallest absolute Gasteiger partial charge is 0.337 e. The van der Waals surface area contributed by atoms with Crippen LogP contribution in [0, 0.1) is 0 Å². The lowest BCUT2D eigenvalue weighted by Gasteiger charge is -2.45. The number of para-hydroxylation sites is 1. The third-order valence-electron chi connectivity index (χ3n) is 6.16. The van der Waals surface area contributed by atoms with Crippen molar-refractivity contribution in [1.29, 1.82) is 0 Å². The fourth-order valence-corrected chi connectivity index (χ4v) is 4.31. The molecule has 15 heteroatoms. The molecule has 1 aromatic rings. The SMILES string of the molecule is CO[C@@H]1C(CO)O[C@@H](O[C@H](C(O)CO)C(O)C(CNc2ccccc2C(=O)O)NC(C)=O)C(NC(C)=O)C1O. The maximum absolute atomic E-state index is 11.9. The number of anilines is 1. The Hall–Kier alpha value is -2.89. The summed E-state index contributed by atoms with van der Waals surface area (Å²) in [7, 11) is 1.27. The molecule has 0 aliphatic carbocycles. The largest absolute Gasteiger partial charge is 0.478 e. The first-order valence-electron chi connectivity index (χ1n) is 12.1. The van der Waals surface area contributed by atoms with Crippen LogP contribution in [0.2, 0.25) is 0 Å². The number of aromatic carboxylic acids is 1. The highest BCUT2D eigenvalue weighted by Gasteiger charge is 2.48. The Bertz CT molecular complexity index is 966. The van der Waals surface area contributed by atoms with Crippen LogP contribution in [0.4, 0.5) is 5.69 Å². The summed E-state index contributed by atoms with van der Waals surface area (Å²) in [5, 5.41) is 69.1. The second-order valence-electron chi connectivity index (χ2n) is 9.02. The molecule has 39 heavy (non-hydrogen) atoms. The lowest BCUT2D eigenvalue weighted by atomic mass is 9.95. The molecule has 9 atom stereocenters. The number of carboxylic acid groups (broad SMARTS) is 1. The number of aliphatic hydroxyl groups is 5. The van der Waals surface area contributed by atoms with E-state index in [4.69, 9.17) is 14.2 Å². The van der Waals surface area contributed by atoms with Crippen LogP contribution < -0.4 is 16.0 Å². The molecule has 0 saturated carbocycles. The average molecular weight is 560 g/mol. The van der Waals surface area contributed by atoms with Gasteiger partial charge in [0.2, 0.25) is 11.8 Å². The first kappa shape index (κ1) is 32.3. The summed E-state index contributed by atoms with van der Waals surface area (Å²) in [4.78, 5) is 35.3. The predicted molar refractivity (Wildman–Crippen MR) is 134 cm³/mol. The van der Waals surface area contributed by atoms with Gasteiger partial charge < -0.3 is 60.8 Å². The molecule has 6 unspecified atom stereocenters. The van der Waals surface area contributed by atoms with Crippen LogP contribution in [0.5, 0.6) is 0 Å². The van der Waals surface area contributed by atoms with Crippen molar-refractivity contribution in [3.63, 3.8) is 0 Å². The van der Waals surface area contributed by atoms with Crippen LogP contribution in [0.25, 0.3) is 0 Å². The van der Waals surface area contributed by atoms with E-state index < -0.39 is 86.0 Å². The zero-order valence-electron chi connectivity index (χ0n) is 21.8. The van der Waals surface area contributed by atoms with Gasteiger partial charge in [-0.15, -0.1) is 0 Å². The molecule has 9 N–H and O–H groups in total. The van der Waals surface area contributed by atoms with Gasteiger partial charge in [0.05, 0.1) is 24.8 Å². The molecule has 1 heterocycles. The zero-order valence-corrected chi connectivity index (χ0v) is 21.8. The lowest BCUT2D eigenvalue weighted by Crippen LogP contribution is -2.67. The molecule has 15 nitrogen and oxygen atoms in total. The van der Waals surface area contributed by atoms with Crippen LogP contribution in [0.3, 0.4) is 0 Å². The first-order chi connectivity index (χ1) is 18.4. The van der Waals surface area contributed by atoms with Gasteiger partial charge in [-0.2, -0.15) is 0 Å². The number of amides is 2. The highest BCUT2D eigenvalue weighted by atomic mass is 16.7. The van der Waals surface area contributed by atoms with Crippen LogP contribution in [-0.4, -0.2) is 130 Å². The molecule has 0 spiro atoms. The van der Waals surface area contributed by atoms with Crippen molar-refractivity contribution < 1.29 is 59.2 Å². The fourth-order valence-electron chi connectivity index (χ4n) is 4.31. The van der Waals surface area contributed by atoms with Crippen molar-refractivity contribution >= 4 is 23.5 Å². The summed E-state index contributed by atoms with van der Waals surface area (Å²) in [5.74, 6) is -2.37. The van der Waals surface area contributed by atoms with Crippen molar-refractivity contribution in [2.45, 2.75) is 68.8 Å². The minimum atomic E-state index is -1.74. The minimum Gasteiger partial charge on any atom is -0.478 e. The number of rotatable bonds is 14. The summed E-state index contributed by atoms with van der Waals surface area (Å²) in [5.41, 5.74) is 0.121. The van der Waals surface area contributed by atoms with Gasteiger partial charge in [-0.05, 0) is 12.1 Å². The van der Waals surface area contributed by atoms with E-state index in [1.807, 2.05) is 0 Å². The highest BCUT2D eigenvalue weighted by Crippen LogP contribution is 2.27. The maximum Gasteiger partial charge on any atom is 0.337 e. The van der Waals surface area contributed by atoms with Gasteiger partial charge in [0.15, 0.2) is 6.29 Å². The van der Waals surface area contributed by atoms with Crippen molar-refractivity contribution in [2.24, 2.45) is 0 Å². The average Bonchev–Trinajstić information content (AvgIpc) is 2.89. The number of ether oxygens (including phenoxy) is 3. The van der Waals surface area contributed by atoms with E-state index in [1.165, 1.54) is 39.2 Å². The fraction of sp³-hybridized carbons (Fsp3) is 0.625. The van der Waals surface area contributed by atoms with Gasteiger partial charge >= 0.3 is 5.97 Å². The Morgan fingerprint density at radius 2 is 1.77 bits per heavy atom. The summed E-state index contributed by atoms with van der Waals surface area (Å²) in [6.45, 7) is 0.601. The van der Waals surface area contributed by atoms with E-state index in [0.29, 0.717) is 0 Å². The number of hydrogen-bond acceptors (Lipinski definition) is 12. The number of hydrogen-bond donors (Lipinski definition) is 9. The number of carbonyl (C=O) groups is 3. The zero-order chi connectivity index (χ0) is 29.3. The molecule has 220 valence electrons. The molecule has 1 aliphatic rings. The monoisotopic (exact) mass is 559 g/mol.